The van der Waals surface area contributed by atoms with Gasteiger partial charge in [-0.2, -0.15) is 0 Å². The fourth-order valence-electron chi connectivity index (χ4n) is 9.40. The molecule has 0 aliphatic heterocycles. The van der Waals surface area contributed by atoms with Crippen LogP contribution >= 0.6 is 0 Å². The maximum absolute atomic E-state index is 2.45. The summed E-state index contributed by atoms with van der Waals surface area (Å²) in [5.74, 6) is 6.14. The summed E-state index contributed by atoms with van der Waals surface area (Å²) in [6, 6.07) is 23.3. The monoisotopic (exact) mass is 354 g/mol. The van der Waals surface area contributed by atoms with E-state index in [0.717, 1.165) is 35.5 Å². The van der Waals surface area contributed by atoms with Gasteiger partial charge in [0.2, 0.25) is 0 Å². The molecule has 7 saturated carbocycles. The molecule has 0 N–H and O–H groups in total. The third-order valence-electron chi connectivity index (χ3n) is 10.2. The molecule has 8 bridgehead atoms. The molecular formula is C27H30. The predicted molar refractivity (Wildman–Crippen MR) is 109 cm³/mol. The van der Waals surface area contributed by atoms with Gasteiger partial charge in [-0.25, -0.2) is 0 Å². The van der Waals surface area contributed by atoms with Crippen LogP contribution in [0.1, 0.15) is 56.1 Å². The lowest BCUT2D eigenvalue weighted by atomic mass is 9.36. The van der Waals surface area contributed by atoms with Crippen molar-refractivity contribution in [3.63, 3.8) is 0 Å². The van der Waals surface area contributed by atoms with Gasteiger partial charge in [0.05, 0.1) is 0 Å². The first-order valence-electron chi connectivity index (χ1n) is 11.4. The van der Waals surface area contributed by atoms with Crippen LogP contribution in [-0.4, -0.2) is 0 Å². The Balaban J connectivity index is 1.33. The Kier molecular flexibility index (Phi) is 2.89. The van der Waals surface area contributed by atoms with Crippen LogP contribution in [0.5, 0.6) is 0 Å². The van der Waals surface area contributed by atoms with Crippen molar-refractivity contribution in [3.05, 3.63) is 71.8 Å². The molecule has 4 unspecified atom stereocenters. The van der Waals surface area contributed by atoms with Crippen molar-refractivity contribution in [3.8, 4) is 0 Å². The SMILES string of the molecule is c1ccc(C23CCC4C5CC6(c7ccccc7)CC4C(C2)C(C6)C5C3)cc1. The minimum atomic E-state index is 0.513. The Bertz CT molecular complexity index is 841. The smallest absolute Gasteiger partial charge is 0.00385 e. The van der Waals surface area contributed by atoms with E-state index in [9.17, 15) is 0 Å². The fourth-order valence-corrected chi connectivity index (χ4v) is 9.40. The Morgan fingerprint density at radius 2 is 0.889 bits per heavy atom. The average molecular weight is 355 g/mol. The number of hydrogen-bond donors (Lipinski definition) is 0. The molecule has 27 heavy (non-hydrogen) atoms. The van der Waals surface area contributed by atoms with Crippen molar-refractivity contribution in [2.24, 2.45) is 35.5 Å². The van der Waals surface area contributed by atoms with E-state index in [0.29, 0.717) is 10.8 Å². The van der Waals surface area contributed by atoms with Crippen molar-refractivity contribution in [1.82, 2.24) is 0 Å². The first-order chi connectivity index (χ1) is 13.3. The van der Waals surface area contributed by atoms with Crippen molar-refractivity contribution in [2.45, 2.75) is 55.8 Å². The Morgan fingerprint density at radius 3 is 1.41 bits per heavy atom. The third kappa shape index (κ3) is 1.86. The van der Waals surface area contributed by atoms with Crippen LogP contribution in [0, 0.1) is 35.5 Å². The largest absolute Gasteiger partial charge is 0.0622 e. The summed E-state index contributed by atoms with van der Waals surface area (Å²) in [6.45, 7) is 0. The molecule has 9 rings (SSSR count). The molecule has 0 radical (unpaired) electrons. The fraction of sp³-hybridized carbons (Fsp3) is 0.556. The molecule has 7 aliphatic rings. The summed E-state index contributed by atoms with van der Waals surface area (Å²) >= 11 is 0. The van der Waals surface area contributed by atoms with Gasteiger partial charge in [0.1, 0.15) is 0 Å². The van der Waals surface area contributed by atoms with E-state index in [1.165, 1.54) is 44.9 Å². The van der Waals surface area contributed by atoms with Gasteiger partial charge in [-0.3, -0.25) is 0 Å². The molecule has 0 amide bonds. The first kappa shape index (κ1) is 15.4. The standard InChI is InChI=1S/C27H30/c1-3-7-18(8-4-1)26-12-11-20-21-15-27(19-9-5-2-6-10-19)16-22(20)24(14-26)25(17-27)23(21)13-26/h1-10,20-25H,11-17H2. The lowest BCUT2D eigenvalue weighted by Gasteiger charge is -2.69. The second-order valence-electron chi connectivity index (χ2n) is 10.8. The summed E-state index contributed by atoms with van der Waals surface area (Å²) in [4.78, 5) is 0. The lowest BCUT2D eigenvalue weighted by Crippen LogP contribution is -2.63. The van der Waals surface area contributed by atoms with E-state index >= 15 is 0 Å². The van der Waals surface area contributed by atoms with Gasteiger partial charge < -0.3 is 0 Å². The molecule has 0 aromatic heterocycles. The number of hydrogen-bond acceptors (Lipinski definition) is 0. The highest BCUT2D eigenvalue weighted by Crippen LogP contribution is 2.74. The van der Waals surface area contributed by atoms with Crippen LogP contribution < -0.4 is 0 Å². The molecule has 0 heterocycles. The molecule has 0 saturated heterocycles. The summed E-state index contributed by atoms with van der Waals surface area (Å²) in [6.07, 6.45) is 10.5. The summed E-state index contributed by atoms with van der Waals surface area (Å²) in [5, 5.41) is 0. The van der Waals surface area contributed by atoms with Crippen molar-refractivity contribution < 1.29 is 0 Å². The van der Waals surface area contributed by atoms with E-state index in [2.05, 4.69) is 60.7 Å². The van der Waals surface area contributed by atoms with Crippen LogP contribution in [0.2, 0.25) is 0 Å². The highest BCUT2D eigenvalue weighted by Gasteiger charge is 2.68. The quantitative estimate of drug-likeness (QED) is 0.589. The van der Waals surface area contributed by atoms with Gasteiger partial charge in [-0.1, -0.05) is 60.7 Å². The molecular weight excluding hydrogens is 324 g/mol. The molecule has 0 heteroatoms. The van der Waals surface area contributed by atoms with Crippen LogP contribution in [0.4, 0.5) is 0 Å². The maximum atomic E-state index is 2.45. The van der Waals surface area contributed by atoms with Crippen molar-refractivity contribution in [1.29, 1.82) is 0 Å². The van der Waals surface area contributed by atoms with E-state index in [1.54, 1.807) is 11.1 Å². The molecule has 2 aromatic carbocycles. The Morgan fingerprint density at radius 1 is 0.481 bits per heavy atom. The summed E-state index contributed by atoms with van der Waals surface area (Å²) < 4.78 is 0. The Hall–Kier alpha value is -1.56. The zero-order valence-electron chi connectivity index (χ0n) is 16.2. The molecule has 0 spiro atoms. The molecule has 138 valence electrons. The van der Waals surface area contributed by atoms with E-state index in [-0.39, 0.29) is 0 Å². The van der Waals surface area contributed by atoms with Gasteiger partial charge in [0, 0.05) is 0 Å². The summed E-state index contributed by atoms with van der Waals surface area (Å²) in [5.41, 5.74) is 4.39. The van der Waals surface area contributed by atoms with E-state index < -0.39 is 0 Å². The van der Waals surface area contributed by atoms with Crippen molar-refractivity contribution in [2.75, 3.05) is 0 Å². The highest BCUT2D eigenvalue weighted by molar-refractivity contribution is 5.35. The number of fused-ring (bicyclic) bond motifs is 1. The van der Waals surface area contributed by atoms with Crippen LogP contribution in [0.3, 0.4) is 0 Å². The second kappa shape index (κ2) is 5.07. The third-order valence-corrected chi connectivity index (χ3v) is 10.2. The van der Waals surface area contributed by atoms with Gasteiger partial charge in [0.25, 0.3) is 0 Å². The summed E-state index contributed by atoms with van der Waals surface area (Å²) in [7, 11) is 0. The zero-order valence-corrected chi connectivity index (χ0v) is 16.2. The molecule has 4 atom stereocenters. The highest BCUT2D eigenvalue weighted by atomic mass is 14.7. The molecule has 7 aliphatic carbocycles. The first-order valence-corrected chi connectivity index (χ1v) is 11.4. The Labute approximate surface area is 163 Å². The predicted octanol–water partition coefficient (Wildman–Crippen LogP) is 6.36. The topological polar surface area (TPSA) is 0 Å². The molecule has 2 aromatic rings. The van der Waals surface area contributed by atoms with E-state index in [4.69, 9.17) is 0 Å². The van der Waals surface area contributed by atoms with Crippen LogP contribution in [0.15, 0.2) is 60.7 Å². The normalized spacial score (nSPS) is 48.7. The van der Waals surface area contributed by atoms with Gasteiger partial charge >= 0.3 is 0 Å². The minimum absolute atomic E-state index is 0.513. The maximum Gasteiger partial charge on any atom is -0.00385 e. The zero-order chi connectivity index (χ0) is 17.6. The molecule has 0 nitrogen and oxygen atoms in total. The van der Waals surface area contributed by atoms with Crippen LogP contribution in [0.25, 0.3) is 0 Å². The second-order valence-corrected chi connectivity index (χ2v) is 10.8. The van der Waals surface area contributed by atoms with Gasteiger partial charge in [0.15, 0.2) is 0 Å². The number of benzene rings is 2. The van der Waals surface area contributed by atoms with Crippen LogP contribution in [-0.2, 0) is 10.8 Å². The number of rotatable bonds is 2. The minimum Gasteiger partial charge on any atom is -0.0622 e. The van der Waals surface area contributed by atoms with E-state index in [1.807, 2.05) is 0 Å². The molecule has 7 fully saturated rings. The van der Waals surface area contributed by atoms with Gasteiger partial charge in [-0.15, -0.1) is 0 Å². The average Bonchev–Trinajstić information content (AvgIpc) is 2.99. The lowest BCUT2D eigenvalue weighted by molar-refractivity contribution is -0.163. The van der Waals surface area contributed by atoms with Gasteiger partial charge in [-0.05, 0) is 102 Å². The van der Waals surface area contributed by atoms with Crippen molar-refractivity contribution >= 4 is 0 Å².